The Kier molecular flexibility index (Phi) is 2.68. The van der Waals surface area contributed by atoms with Crippen LogP contribution in [-0.2, 0) is 6.54 Å². The molecule has 0 saturated heterocycles. The van der Waals surface area contributed by atoms with Gasteiger partial charge in [-0.1, -0.05) is 12.1 Å². The number of nitrogens with two attached hydrogens (primary N) is 1. The molecule has 1 aromatic heterocycles. The molecule has 0 radical (unpaired) electrons. The summed E-state index contributed by atoms with van der Waals surface area (Å²) in [7, 11) is 0. The molecule has 0 aliphatic carbocycles. The number of rotatable bonds is 2. The number of pyridine rings is 1. The third-order valence-electron chi connectivity index (χ3n) is 2.35. The first-order chi connectivity index (χ1) is 7.24. The van der Waals surface area contributed by atoms with Crippen molar-refractivity contribution in [3.05, 3.63) is 59.9 Å². The van der Waals surface area contributed by atoms with Gasteiger partial charge in [0.25, 0.3) is 0 Å². The Hall–Kier alpha value is -1.83. The Bertz CT molecular complexity index is 446. The van der Waals surface area contributed by atoms with Gasteiger partial charge in [0.1, 0.15) is 0 Å². The zero-order chi connectivity index (χ0) is 10.7. The summed E-state index contributed by atoms with van der Waals surface area (Å²) in [5.74, 6) is 0. The molecule has 0 fully saturated rings. The van der Waals surface area contributed by atoms with Gasteiger partial charge in [0.2, 0.25) is 0 Å². The van der Waals surface area contributed by atoms with E-state index in [4.69, 9.17) is 5.73 Å². The summed E-state index contributed by atoms with van der Waals surface area (Å²) < 4.78 is 2.17. The van der Waals surface area contributed by atoms with E-state index in [0.717, 1.165) is 12.2 Å². The molecule has 1 heterocycles. The highest BCUT2D eigenvalue weighted by atomic mass is 14.9. The molecule has 1 aromatic carbocycles. The van der Waals surface area contributed by atoms with Crippen LogP contribution in [0.3, 0.4) is 0 Å². The fourth-order valence-electron chi connectivity index (χ4n) is 1.59. The Morgan fingerprint density at radius 1 is 1.13 bits per heavy atom. The summed E-state index contributed by atoms with van der Waals surface area (Å²) in [5, 5.41) is 0. The normalized spacial score (nSPS) is 10.2. The van der Waals surface area contributed by atoms with E-state index in [-0.39, 0.29) is 0 Å². The largest absolute Gasteiger partial charge is 0.399 e. The molecule has 2 aromatic rings. The van der Waals surface area contributed by atoms with Crippen molar-refractivity contribution in [3.8, 4) is 0 Å². The van der Waals surface area contributed by atoms with Crippen LogP contribution in [-0.4, -0.2) is 0 Å². The van der Waals surface area contributed by atoms with Crippen LogP contribution in [0, 0.1) is 6.92 Å². The molecule has 2 heteroatoms. The van der Waals surface area contributed by atoms with Crippen molar-refractivity contribution < 1.29 is 4.57 Å². The summed E-state index contributed by atoms with van der Waals surface area (Å²) in [6, 6.07) is 12.2. The van der Waals surface area contributed by atoms with Crippen LogP contribution in [0.4, 0.5) is 5.69 Å². The van der Waals surface area contributed by atoms with Gasteiger partial charge in [-0.2, -0.15) is 0 Å². The van der Waals surface area contributed by atoms with Crippen molar-refractivity contribution in [1.82, 2.24) is 0 Å². The number of aryl methyl sites for hydroxylation is 1. The summed E-state index contributed by atoms with van der Waals surface area (Å²) in [6.07, 6.45) is 4.21. The van der Waals surface area contributed by atoms with Crippen LogP contribution in [0.5, 0.6) is 0 Å². The van der Waals surface area contributed by atoms with Crippen LogP contribution in [0.2, 0.25) is 0 Å². The van der Waals surface area contributed by atoms with Gasteiger partial charge in [-0.05, 0) is 25.1 Å². The molecule has 15 heavy (non-hydrogen) atoms. The van der Waals surface area contributed by atoms with Gasteiger partial charge in [0.05, 0.1) is 0 Å². The Morgan fingerprint density at radius 3 is 2.53 bits per heavy atom. The van der Waals surface area contributed by atoms with Crippen molar-refractivity contribution >= 4 is 5.69 Å². The standard InChI is InChI=1S/C13H15N2/c1-11-3-2-8-15(9-11)10-12-4-6-13(14)7-5-12/h2-9H,10,14H2,1H3/q+1. The number of nitrogen functional groups attached to an aromatic ring is 1. The molecule has 0 amide bonds. The monoisotopic (exact) mass is 199 g/mol. The fraction of sp³-hybridized carbons (Fsp3) is 0.154. The highest BCUT2D eigenvalue weighted by molar-refractivity contribution is 5.38. The van der Waals surface area contributed by atoms with Crippen molar-refractivity contribution in [2.75, 3.05) is 5.73 Å². The van der Waals surface area contributed by atoms with E-state index >= 15 is 0 Å². The lowest BCUT2D eigenvalue weighted by Gasteiger charge is -1.99. The topological polar surface area (TPSA) is 29.9 Å². The van der Waals surface area contributed by atoms with Crippen LogP contribution < -0.4 is 10.3 Å². The van der Waals surface area contributed by atoms with Gasteiger partial charge < -0.3 is 5.73 Å². The summed E-state index contributed by atoms with van der Waals surface area (Å²) in [6.45, 7) is 2.99. The number of anilines is 1. The molecule has 76 valence electrons. The predicted octanol–water partition coefficient (Wildman–Crippen LogP) is 1.91. The van der Waals surface area contributed by atoms with Gasteiger partial charge in [-0.15, -0.1) is 0 Å². The van der Waals surface area contributed by atoms with E-state index in [2.05, 4.69) is 48.1 Å². The summed E-state index contributed by atoms with van der Waals surface area (Å²) >= 11 is 0. The Morgan fingerprint density at radius 2 is 1.87 bits per heavy atom. The summed E-state index contributed by atoms with van der Waals surface area (Å²) in [4.78, 5) is 0. The van der Waals surface area contributed by atoms with Crippen molar-refractivity contribution in [1.29, 1.82) is 0 Å². The molecule has 0 aliphatic rings. The maximum atomic E-state index is 5.64. The second-order valence-electron chi connectivity index (χ2n) is 3.80. The number of benzene rings is 1. The van der Waals surface area contributed by atoms with E-state index in [9.17, 15) is 0 Å². The molecular formula is C13H15N2+. The van der Waals surface area contributed by atoms with Crippen LogP contribution in [0.25, 0.3) is 0 Å². The molecule has 0 atom stereocenters. The highest BCUT2D eigenvalue weighted by Crippen LogP contribution is 2.04. The number of nitrogens with zero attached hydrogens (tertiary/aromatic N) is 1. The van der Waals surface area contributed by atoms with E-state index in [1.807, 2.05) is 12.1 Å². The van der Waals surface area contributed by atoms with E-state index in [1.165, 1.54) is 11.1 Å². The van der Waals surface area contributed by atoms with Crippen molar-refractivity contribution in [2.24, 2.45) is 0 Å². The van der Waals surface area contributed by atoms with Crippen LogP contribution in [0.1, 0.15) is 11.1 Å². The first-order valence-electron chi connectivity index (χ1n) is 5.04. The van der Waals surface area contributed by atoms with Gasteiger partial charge in [-0.3, -0.25) is 0 Å². The average Bonchev–Trinajstić information content (AvgIpc) is 2.22. The first kappa shape index (κ1) is 9.71. The lowest BCUT2D eigenvalue weighted by molar-refractivity contribution is -0.688. The zero-order valence-electron chi connectivity index (χ0n) is 8.85. The maximum absolute atomic E-state index is 5.64. The molecule has 2 N–H and O–H groups in total. The molecule has 0 spiro atoms. The Labute approximate surface area is 90.0 Å². The molecule has 0 bridgehead atoms. The van der Waals surface area contributed by atoms with E-state index < -0.39 is 0 Å². The van der Waals surface area contributed by atoms with E-state index in [1.54, 1.807) is 0 Å². The minimum atomic E-state index is 0.813. The molecule has 0 saturated carbocycles. The van der Waals surface area contributed by atoms with E-state index in [0.29, 0.717) is 0 Å². The maximum Gasteiger partial charge on any atom is 0.173 e. The summed E-state index contributed by atoms with van der Waals surface area (Å²) in [5.41, 5.74) is 8.99. The SMILES string of the molecule is Cc1ccc[n+](Cc2ccc(N)cc2)c1. The average molecular weight is 199 g/mol. The number of hydrogen-bond donors (Lipinski definition) is 1. The van der Waals surface area contributed by atoms with Gasteiger partial charge in [-0.25, -0.2) is 4.57 Å². The first-order valence-corrected chi connectivity index (χ1v) is 5.04. The Balaban J connectivity index is 2.18. The second kappa shape index (κ2) is 4.13. The third-order valence-corrected chi connectivity index (χ3v) is 2.35. The second-order valence-corrected chi connectivity index (χ2v) is 3.80. The molecule has 2 rings (SSSR count). The minimum Gasteiger partial charge on any atom is -0.399 e. The smallest absolute Gasteiger partial charge is 0.173 e. The molecule has 0 aliphatic heterocycles. The van der Waals surface area contributed by atoms with Crippen molar-refractivity contribution in [3.63, 3.8) is 0 Å². The van der Waals surface area contributed by atoms with Crippen molar-refractivity contribution in [2.45, 2.75) is 13.5 Å². The fourth-order valence-corrected chi connectivity index (χ4v) is 1.59. The van der Waals surface area contributed by atoms with Gasteiger partial charge >= 0.3 is 0 Å². The van der Waals surface area contributed by atoms with Gasteiger partial charge in [0.15, 0.2) is 18.9 Å². The number of aromatic nitrogens is 1. The highest BCUT2D eigenvalue weighted by Gasteiger charge is 2.01. The van der Waals surface area contributed by atoms with Gasteiger partial charge in [0, 0.05) is 22.9 Å². The lowest BCUT2D eigenvalue weighted by Crippen LogP contribution is -2.33. The predicted molar refractivity (Wildman–Crippen MR) is 61.3 cm³/mol. The lowest BCUT2D eigenvalue weighted by atomic mass is 10.2. The molecule has 2 nitrogen and oxygen atoms in total. The van der Waals surface area contributed by atoms with Crippen LogP contribution >= 0.6 is 0 Å². The molecule has 0 unspecified atom stereocenters. The quantitative estimate of drug-likeness (QED) is 0.581. The minimum absolute atomic E-state index is 0.813. The van der Waals surface area contributed by atoms with Crippen LogP contribution in [0.15, 0.2) is 48.8 Å². The third kappa shape index (κ3) is 2.56. The molecular weight excluding hydrogens is 184 g/mol. The zero-order valence-corrected chi connectivity index (χ0v) is 8.85. The number of hydrogen-bond acceptors (Lipinski definition) is 1.